The maximum absolute atomic E-state index is 13.0. The van der Waals surface area contributed by atoms with Gasteiger partial charge in [-0.3, -0.25) is 4.79 Å². The van der Waals surface area contributed by atoms with E-state index in [0.717, 1.165) is 4.90 Å². The molecule has 2 aromatic rings. The number of anilines is 1. The van der Waals surface area contributed by atoms with Crippen LogP contribution in [0.1, 0.15) is 24.2 Å². The number of thioether (sulfide) groups is 1. The number of carbonyl (C=O) groups is 1. The van der Waals surface area contributed by atoms with Crippen LogP contribution in [0.5, 0.6) is 0 Å². The smallest absolute Gasteiger partial charge is 0.255 e. The molecule has 0 spiro atoms. The predicted octanol–water partition coefficient (Wildman–Crippen LogP) is 3.46. The highest BCUT2D eigenvalue weighted by Gasteiger charge is 2.32. The molecule has 1 heterocycles. The molecule has 150 valence electrons. The number of nitrogens with zero attached hydrogens (tertiary/aromatic N) is 1. The van der Waals surface area contributed by atoms with Crippen LogP contribution in [0.2, 0.25) is 0 Å². The van der Waals surface area contributed by atoms with Crippen molar-refractivity contribution < 1.29 is 17.9 Å². The number of amides is 1. The number of rotatable bonds is 5. The largest absolute Gasteiger partial charge is 0.373 e. The van der Waals surface area contributed by atoms with Crippen LogP contribution in [-0.2, 0) is 14.8 Å². The standard InChI is InChI=1S/C20H24N2O4S2/c1-14-12-22(13-15(2)26-14)28(24,25)19-9-4-6-16(10-19)20(23)21-17-7-5-8-18(11-17)27-3/h4-11,14-15H,12-13H2,1-3H3,(H,21,23)/t14-,15+. The van der Waals surface area contributed by atoms with Gasteiger partial charge < -0.3 is 10.1 Å². The van der Waals surface area contributed by atoms with Crippen molar-refractivity contribution in [3.63, 3.8) is 0 Å². The molecule has 3 rings (SSSR count). The van der Waals surface area contributed by atoms with Gasteiger partial charge in [-0.15, -0.1) is 11.8 Å². The number of morpholine rings is 1. The Morgan fingerprint density at radius 3 is 2.46 bits per heavy atom. The Labute approximate surface area is 170 Å². The van der Waals surface area contributed by atoms with Gasteiger partial charge in [-0.2, -0.15) is 4.31 Å². The zero-order valence-corrected chi connectivity index (χ0v) is 17.7. The van der Waals surface area contributed by atoms with Crippen LogP contribution >= 0.6 is 11.8 Å². The van der Waals surface area contributed by atoms with Gasteiger partial charge in [0.1, 0.15) is 0 Å². The fraction of sp³-hybridized carbons (Fsp3) is 0.350. The van der Waals surface area contributed by atoms with E-state index in [2.05, 4.69) is 5.32 Å². The van der Waals surface area contributed by atoms with Gasteiger partial charge in [-0.25, -0.2) is 8.42 Å². The first-order valence-corrected chi connectivity index (χ1v) is 11.7. The summed E-state index contributed by atoms with van der Waals surface area (Å²) in [5.41, 5.74) is 0.964. The molecule has 1 amide bonds. The van der Waals surface area contributed by atoms with Crippen LogP contribution in [0.4, 0.5) is 5.69 Å². The molecule has 0 aromatic heterocycles. The van der Waals surface area contributed by atoms with Crippen LogP contribution in [0.3, 0.4) is 0 Å². The quantitative estimate of drug-likeness (QED) is 0.750. The van der Waals surface area contributed by atoms with Crippen molar-refractivity contribution in [3.05, 3.63) is 54.1 Å². The molecule has 2 atom stereocenters. The third kappa shape index (κ3) is 4.75. The lowest BCUT2D eigenvalue weighted by Crippen LogP contribution is -2.48. The van der Waals surface area contributed by atoms with Gasteiger partial charge >= 0.3 is 0 Å². The van der Waals surface area contributed by atoms with E-state index in [-0.39, 0.29) is 23.0 Å². The van der Waals surface area contributed by atoms with Gasteiger partial charge in [-0.1, -0.05) is 12.1 Å². The number of benzene rings is 2. The summed E-state index contributed by atoms with van der Waals surface area (Å²) in [6, 6.07) is 13.6. The monoisotopic (exact) mass is 420 g/mol. The van der Waals surface area contributed by atoms with Gasteiger partial charge in [-0.05, 0) is 56.5 Å². The molecule has 0 saturated carbocycles. The summed E-state index contributed by atoms with van der Waals surface area (Å²) in [6.45, 7) is 4.30. The Balaban J connectivity index is 1.82. The summed E-state index contributed by atoms with van der Waals surface area (Å²) >= 11 is 1.58. The molecule has 1 aliphatic rings. The molecule has 1 N–H and O–H groups in total. The van der Waals surface area contributed by atoms with Gasteiger partial charge in [0.25, 0.3) is 5.91 Å². The summed E-state index contributed by atoms with van der Waals surface area (Å²) < 4.78 is 33.1. The maximum Gasteiger partial charge on any atom is 0.255 e. The Morgan fingerprint density at radius 2 is 1.79 bits per heavy atom. The highest BCUT2D eigenvalue weighted by Crippen LogP contribution is 2.23. The lowest BCUT2D eigenvalue weighted by atomic mass is 10.2. The summed E-state index contributed by atoms with van der Waals surface area (Å²) in [5.74, 6) is -0.348. The first-order chi connectivity index (χ1) is 13.3. The van der Waals surface area contributed by atoms with E-state index >= 15 is 0 Å². The second-order valence-corrected chi connectivity index (χ2v) is 9.61. The molecule has 1 fully saturated rings. The topological polar surface area (TPSA) is 75.7 Å². The number of carbonyl (C=O) groups excluding carboxylic acids is 1. The lowest BCUT2D eigenvalue weighted by molar-refractivity contribution is -0.0440. The fourth-order valence-corrected chi connectivity index (χ4v) is 5.27. The Kier molecular flexibility index (Phi) is 6.44. The van der Waals surface area contributed by atoms with Crippen molar-refractivity contribution in [2.24, 2.45) is 0 Å². The van der Waals surface area contributed by atoms with Gasteiger partial charge in [0.2, 0.25) is 10.0 Å². The highest BCUT2D eigenvalue weighted by atomic mass is 32.2. The summed E-state index contributed by atoms with van der Waals surface area (Å²) in [5, 5.41) is 2.82. The number of nitrogens with one attached hydrogen (secondary N) is 1. The fourth-order valence-electron chi connectivity index (χ4n) is 3.18. The van der Waals surface area contributed by atoms with Crippen LogP contribution in [0.15, 0.2) is 58.3 Å². The summed E-state index contributed by atoms with van der Waals surface area (Å²) in [4.78, 5) is 13.8. The highest BCUT2D eigenvalue weighted by molar-refractivity contribution is 7.98. The minimum Gasteiger partial charge on any atom is -0.373 e. The van der Waals surface area contributed by atoms with Crippen LogP contribution in [0.25, 0.3) is 0 Å². The van der Waals surface area contributed by atoms with Gasteiger partial charge in [0.05, 0.1) is 17.1 Å². The molecule has 0 bridgehead atoms. The van der Waals surface area contributed by atoms with Crippen molar-refractivity contribution in [2.75, 3.05) is 24.7 Å². The Morgan fingerprint density at radius 1 is 1.11 bits per heavy atom. The second-order valence-electron chi connectivity index (χ2n) is 6.79. The van der Waals surface area contributed by atoms with Crippen LogP contribution < -0.4 is 5.32 Å². The molecular formula is C20H24N2O4S2. The van der Waals surface area contributed by atoms with E-state index in [1.807, 2.05) is 38.3 Å². The van der Waals surface area contributed by atoms with Crippen molar-refractivity contribution in [2.45, 2.75) is 35.8 Å². The summed E-state index contributed by atoms with van der Waals surface area (Å²) in [7, 11) is -3.70. The molecule has 2 aromatic carbocycles. The van der Waals surface area contributed by atoms with Crippen molar-refractivity contribution in [3.8, 4) is 0 Å². The number of ether oxygens (including phenoxy) is 1. The van der Waals surface area contributed by atoms with E-state index < -0.39 is 10.0 Å². The van der Waals surface area contributed by atoms with E-state index in [1.165, 1.54) is 16.4 Å². The van der Waals surface area contributed by atoms with Gasteiger partial charge in [0.15, 0.2) is 0 Å². The lowest BCUT2D eigenvalue weighted by Gasteiger charge is -2.34. The van der Waals surface area contributed by atoms with Gasteiger partial charge in [0, 0.05) is 29.2 Å². The minimum atomic E-state index is -3.70. The zero-order valence-electron chi connectivity index (χ0n) is 16.1. The molecule has 8 heteroatoms. The number of sulfonamides is 1. The van der Waals surface area contributed by atoms with Crippen LogP contribution in [-0.4, -0.2) is 50.2 Å². The zero-order chi connectivity index (χ0) is 20.3. The molecule has 6 nitrogen and oxygen atoms in total. The Hall–Kier alpha value is -1.87. The first-order valence-electron chi connectivity index (χ1n) is 9.00. The molecule has 28 heavy (non-hydrogen) atoms. The molecule has 0 unspecified atom stereocenters. The third-order valence-corrected chi connectivity index (χ3v) is 7.00. The molecule has 0 aliphatic carbocycles. The predicted molar refractivity (Wildman–Crippen MR) is 111 cm³/mol. The van der Waals surface area contributed by atoms with Crippen molar-refractivity contribution in [1.82, 2.24) is 4.31 Å². The Bertz CT molecular complexity index is 952. The van der Waals surface area contributed by atoms with E-state index in [0.29, 0.717) is 24.3 Å². The average Bonchev–Trinajstić information content (AvgIpc) is 2.67. The third-order valence-electron chi connectivity index (χ3n) is 4.45. The SMILES string of the molecule is CSc1cccc(NC(=O)c2cccc(S(=O)(=O)N3C[C@@H](C)O[C@@H](C)C3)c2)c1. The molecule has 1 saturated heterocycles. The van der Waals surface area contributed by atoms with E-state index in [4.69, 9.17) is 4.74 Å². The number of hydrogen-bond acceptors (Lipinski definition) is 5. The molecular weight excluding hydrogens is 396 g/mol. The first kappa shape index (κ1) is 20.9. The summed E-state index contributed by atoms with van der Waals surface area (Å²) in [6.07, 6.45) is 1.62. The average molecular weight is 421 g/mol. The normalized spacial score (nSPS) is 20.7. The minimum absolute atomic E-state index is 0.110. The van der Waals surface area contributed by atoms with Crippen molar-refractivity contribution in [1.29, 1.82) is 0 Å². The van der Waals surface area contributed by atoms with E-state index in [9.17, 15) is 13.2 Å². The van der Waals surface area contributed by atoms with Crippen LogP contribution in [0, 0.1) is 0 Å². The molecule has 0 radical (unpaired) electrons. The second kappa shape index (κ2) is 8.65. The maximum atomic E-state index is 13.0. The molecule has 1 aliphatic heterocycles. The van der Waals surface area contributed by atoms with E-state index in [1.54, 1.807) is 30.0 Å². The van der Waals surface area contributed by atoms with Crippen molar-refractivity contribution >= 4 is 33.4 Å². The number of hydrogen-bond donors (Lipinski definition) is 1.